The molecular formula is C9H14N2O2. The van der Waals surface area contributed by atoms with E-state index >= 15 is 0 Å². The number of amides is 1. The van der Waals surface area contributed by atoms with Crippen molar-refractivity contribution in [3.05, 3.63) is 0 Å². The molecule has 1 saturated carbocycles. The Bertz CT molecular complexity index is 214. The first-order valence-electron chi connectivity index (χ1n) is 4.54. The van der Waals surface area contributed by atoms with Gasteiger partial charge < -0.3 is 10.5 Å². The molecule has 0 saturated heterocycles. The summed E-state index contributed by atoms with van der Waals surface area (Å²) >= 11 is 0. The second-order valence-electron chi connectivity index (χ2n) is 3.48. The average molecular weight is 182 g/mol. The van der Waals surface area contributed by atoms with E-state index < -0.39 is 6.09 Å². The fourth-order valence-electron chi connectivity index (χ4n) is 1.66. The van der Waals surface area contributed by atoms with Gasteiger partial charge in [0.2, 0.25) is 0 Å². The van der Waals surface area contributed by atoms with E-state index in [1.807, 2.05) is 0 Å². The van der Waals surface area contributed by atoms with Crippen molar-refractivity contribution >= 4 is 6.09 Å². The number of primary amides is 1. The Morgan fingerprint density at radius 1 is 1.46 bits per heavy atom. The van der Waals surface area contributed by atoms with Gasteiger partial charge in [-0.25, -0.2) is 4.79 Å². The van der Waals surface area contributed by atoms with Gasteiger partial charge in [-0.05, 0) is 31.6 Å². The van der Waals surface area contributed by atoms with E-state index in [1.165, 1.54) is 0 Å². The van der Waals surface area contributed by atoms with Crippen LogP contribution in [0.3, 0.4) is 0 Å². The van der Waals surface area contributed by atoms with Crippen LogP contribution in [0.2, 0.25) is 0 Å². The summed E-state index contributed by atoms with van der Waals surface area (Å²) in [4.78, 5) is 10.3. The maximum absolute atomic E-state index is 10.3. The van der Waals surface area contributed by atoms with Gasteiger partial charge in [0.1, 0.15) is 0 Å². The summed E-state index contributed by atoms with van der Waals surface area (Å²) in [6, 6.07) is 2.26. The number of nitrogens with two attached hydrogens (primary N) is 1. The third kappa shape index (κ3) is 3.32. The smallest absolute Gasteiger partial charge is 0.404 e. The topological polar surface area (TPSA) is 76.1 Å². The molecule has 1 aliphatic carbocycles. The highest BCUT2D eigenvalue weighted by molar-refractivity contribution is 5.64. The molecule has 0 atom stereocenters. The van der Waals surface area contributed by atoms with Crippen LogP contribution in [0.1, 0.15) is 25.7 Å². The first-order chi connectivity index (χ1) is 6.22. The van der Waals surface area contributed by atoms with Crippen molar-refractivity contribution in [2.75, 3.05) is 6.61 Å². The zero-order valence-corrected chi connectivity index (χ0v) is 7.53. The van der Waals surface area contributed by atoms with Gasteiger partial charge in [0.15, 0.2) is 0 Å². The van der Waals surface area contributed by atoms with Gasteiger partial charge in [0.25, 0.3) is 0 Å². The van der Waals surface area contributed by atoms with E-state index in [0.717, 1.165) is 25.7 Å². The molecule has 0 aromatic rings. The van der Waals surface area contributed by atoms with E-state index in [4.69, 9.17) is 15.7 Å². The molecule has 2 N–H and O–H groups in total. The van der Waals surface area contributed by atoms with E-state index in [9.17, 15) is 4.79 Å². The van der Waals surface area contributed by atoms with Crippen LogP contribution in [0, 0.1) is 23.2 Å². The minimum Gasteiger partial charge on any atom is -0.449 e. The molecule has 0 bridgehead atoms. The predicted octanol–water partition coefficient (Wildman–Crippen LogP) is 1.41. The number of nitriles is 1. The van der Waals surface area contributed by atoms with E-state index in [1.54, 1.807) is 0 Å². The van der Waals surface area contributed by atoms with Crippen molar-refractivity contribution in [3.8, 4) is 6.07 Å². The Morgan fingerprint density at radius 2 is 2.08 bits per heavy atom. The van der Waals surface area contributed by atoms with Gasteiger partial charge in [0, 0.05) is 5.92 Å². The van der Waals surface area contributed by atoms with Crippen molar-refractivity contribution in [3.63, 3.8) is 0 Å². The van der Waals surface area contributed by atoms with Crippen molar-refractivity contribution in [1.29, 1.82) is 5.26 Å². The Kier molecular flexibility index (Phi) is 3.56. The summed E-state index contributed by atoms with van der Waals surface area (Å²) in [6.45, 7) is 0.410. The lowest BCUT2D eigenvalue weighted by Gasteiger charge is -2.23. The number of ether oxygens (including phenoxy) is 1. The second kappa shape index (κ2) is 4.70. The highest BCUT2D eigenvalue weighted by atomic mass is 16.5. The number of carbonyl (C=O) groups is 1. The Balaban J connectivity index is 2.18. The van der Waals surface area contributed by atoms with Crippen LogP contribution < -0.4 is 5.73 Å². The fourth-order valence-corrected chi connectivity index (χ4v) is 1.66. The molecule has 0 aliphatic heterocycles. The normalized spacial score (nSPS) is 27.6. The van der Waals surface area contributed by atoms with Gasteiger partial charge >= 0.3 is 6.09 Å². The van der Waals surface area contributed by atoms with Crippen molar-refractivity contribution < 1.29 is 9.53 Å². The predicted molar refractivity (Wildman–Crippen MR) is 46.6 cm³/mol. The third-order valence-corrected chi connectivity index (χ3v) is 2.49. The molecule has 13 heavy (non-hydrogen) atoms. The quantitative estimate of drug-likeness (QED) is 0.701. The molecular weight excluding hydrogens is 168 g/mol. The SMILES string of the molecule is N#CC1CCC(COC(N)=O)CC1. The van der Waals surface area contributed by atoms with Crippen molar-refractivity contribution in [1.82, 2.24) is 0 Å². The highest BCUT2D eigenvalue weighted by Crippen LogP contribution is 2.28. The Labute approximate surface area is 77.7 Å². The van der Waals surface area contributed by atoms with Gasteiger partial charge in [0.05, 0.1) is 12.7 Å². The lowest BCUT2D eigenvalue weighted by atomic mass is 9.83. The Morgan fingerprint density at radius 3 is 2.54 bits per heavy atom. The molecule has 1 fully saturated rings. The number of hydrogen-bond donors (Lipinski definition) is 1. The number of carbonyl (C=O) groups excluding carboxylic acids is 1. The molecule has 1 rings (SSSR count). The van der Waals surface area contributed by atoms with Crippen LogP contribution in [0.5, 0.6) is 0 Å². The zero-order valence-electron chi connectivity index (χ0n) is 7.53. The molecule has 1 amide bonds. The molecule has 0 spiro atoms. The molecule has 0 aromatic heterocycles. The minimum atomic E-state index is -0.706. The van der Waals surface area contributed by atoms with E-state index in [2.05, 4.69) is 6.07 Å². The second-order valence-corrected chi connectivity index (χ2v) is 3.48. The third-order valence-electron chi connectivity index (χ3n) is 2.49. The monoisotopic (exact) mass is 182 g/mol. The van der Waals surface area contributed by atoms with Gasteiger partial charge in [-0.1, -0.05) is 0 Å². The Hall–Kier alpha value is -1.24. The van der Waals surface area contributed by atoms with Crippen LogP contribution in [0.15, 0.2) is 0 Å². The molecule has 4 heteroatoms. The summed E-state index contributed by atoms with van der Waals surface area (Å²) in [5.41, 5.74) is 4.85. The summed E-state index contributed by atoms with van der Waals surface area (Å²) in [6.07, 6.45) is 3.06. The molecule has 4 nitrogen and oxygen atoms in total. The first-order valence-corrected chi connectivity index (χ1v) is 4.54. The summed E-state index contributed by atoms with van der Waals surface area (Å²) in [5, 5.41) is 8.64. The van der Waals surface area contributed by atoms with Gasteiger partial charge in [-0.15, -0.1) is 0 Å². The fraction of sp³-hybridized carbons (Fsp3) is 0.778. The summed E-state index contributed by atoms with van der Waals surface area (Å²) in [7, 11) is 0. The van der Waals surface area contributed by atoms with Crippen molar-refractivity contribution in [2.24, 2.45) is 17.6 Å². The van der Waals surface area contributed by atoms with Gasteiger partial charge in [-0.2, -0.15) is 5.26 Å². The molecule has 1 aliphatic rings. The maximum Gasteiger partial charge on any atom is 0.404 e. The van der Waals surface area contributed by atoms with Crippen LogP contribution in [-0.2, 0) is 4.74 Å². The number of nitrogens with zero attached hydrogens (tertiary/aromatic N) is 1. The van der Waals surface area contributed by atoms with Crippen LogP contribution >= 0.6 is 0 Å². The first kappa shape index (κ1) is 9.85. The summed E-state index contributed by atoms with van der Waals surface area (Å²) in [5.74, 6) is 0.599. The molecule has 0 heterocycles. The van der Waals surface area contributed by atoms with Crippen LogP contribution in [0.4, 0.5) is 4.79 Å². The molecule has 0 unspecified atom stereocenters. The van der Waals surface area contributed by atoms with Gasteiger partial charge in [-0.3, -0.25) is 0 Å². The molecule has 0 radical (unpaired) electrons. The molecule has 0 aromatic carbocycles. The molecule has 72 valence electrons. The van der Waals surface area contributed by atoms with E-state index in [-0.39, 0.29) is 5.92 Å². The van der Waals surface area contributed by atoms with Crippen LogP contribution in [-0.4, -0.2) is 12.7 Å². The number of hydrogen-bond acceptors (Lipinski definition) is 3. The average Bonchev–Trinajstić information content (AvgIpc) is 2.15. The zero-order chi connectivity index (χ0) is 9.68. The number of rotatable bonds is 2. The van der Waals surface area contributed by atoms with Crippen LogP contribution in [0.25, 0.3) is 0 Å². The standard InChI is InChI=1S/C9H14N2O2/c10-5-7-1-3-8(4-2-7)6-13-9(11)12/h7-8H,1-4,6H2,(H2,11,12). The largest absolute Gasteiger partial charge is 0.449 e. The minimum absolute atomic E-state index is 0.199. The van der Waals surface area contributed by atoms with Crippen molar-refractivity contribution in [2.45, 2.75) is 25.7 Å². The lowest BCUT2D eigenvalue weighted by molar-refractivity contribution is 0.121. The maximum atomic E-state index is 10.3. The summed E-state index contributed by atoms with van der Waals surface area (Å²) < 4.78 is 4.71. The lowest BCUT2D eigenvalue weighted by Crippen LogP contribution is -2.22. The van der Waals surface area contributed by atoms with E-state index in [0.29, 0.717) is 12.5 Å². The highest BCUT2D eigenvalue weighted by Gasteiger charge is 2.21.